The number of fused-ring (bicyclic) bond motifs is 1. The van der Waals surface area contributed by atoms with Gasteiger partial charge in [0.1, 0.15) is 11.5 Å². The predicted molar refractivity (Wildman–Crippen MR) is 118 cm³/mol. The molecule has 0 unspecified atom stereocenters. The number of hydrogen-bond acceptors (Lipinski definition) is 4. The van der Waals surface area contributed by atoms with Crippen LogP contribution >= 0.6 is 15.9 Å². The van der Waals surface area contributed by atoms with Gasteiger partial charge < -0.3 is 9.84 Å². The number of benzene rings is 3. The van der Waals surface area contributed by atoms with Gasteiger partial charge in [-0.05, 0) is 23.3 Å². The van der Waals surface area contributed by atoms with Crippen LogP contribution < -0.4 is 5.32 Å². The van der Waals surface area contributed by atoms with E-state index in [-0.39, 0.29) is 5.78 Å². The van der Waals surface area contributed by atoms with Gasteiger partial charge in [0.05, 0.1) is 5.33 Å². The van der Waals surface area contributed by atoms with E-state index in [0.29, 0.717) is 17.8 Å². The molecule has 0 spiro atoms. The van der Waals surface area contributed by atoms with E-state index in [1.165, 1.54) is 23.3 Å². The molecule has 0 fully saturated rings. The van der Waals surface area contributed by atoms with Gasteiger partial charge in [0.15, 0.2) is 0 Å². The van der Waals surface area contributed by atoms with Gasteiger partial charge in [0, 0.05) is 18.2 Å². The van der Waals surface area contributed by atoms with Crippen LogP contribution in [0.25, 0.3) is 22.0 Å². The highest BCUT2D eigenvalue weighted by Gasteiger charge is 2.06. The summed E-state index contributed by atoms with van der Waals surface area (Å²) >= 11 is 2.96. The first-order chi connectivity index (χ1) is 13.7. The van der Waals surface area contributed by atoms with E-state index in [1.807, 2.05) is 36.4 Å². The van der Waals surface area contributed by atoms with Crippen LogP contribution in [-0.2, 0) is 11.3 Å². The van der Waals surface area contributed by atoms with Gasteiger partial charge in [-0.3, -0.25) is 4.79 Å². The maximum atomic E-state index is 9.77. The van der Waals surface area contributed by atoms with E-state index >= 15 is 0 Å². The summed E-state index contributed by atoms with van der Waals surface area (Å²) in [6.07, 6.45) is 0. The highest BCUT2D eigenvalue weighted by atomic mass is 79.9. The fourth-order valence-corrected chi connectivity index (χ4v) is 2.73. The summed E-state index contributed by atoms with van der Waals surface area (Å²) in [6.45, 7) is 2.24. The quantitative estimate of drug-likeness (QED) is 0.385. The van der Waals surface area contributed by atoms with Crippen molar-refractivity contribution in [3.05, 3.63) is 84.4 Å². The molecule has 0 aliphatic heterocycles. The number of anilines is 1. The molecule has 1 heterocycles. The summed E-state index contributed by atoms with van der Waals surface area (Å²) < 4.78 is 5.39. The van der Waals surface area contributed by atoms with Crippen molar-refractivity contribution in [2.75, 3.05) is 10.6 Å². The van der Waals surface area contributed by atoms with Gasteiger partial charge in [0.25, 0.3) is 0 Å². The lowest BCUT2D eigenvalue weighted by atomic mass is 10.0. The molecule has 1 aromatic heterocycles. The van der Waals surface area contributed by atoms with Gasteiger partial charge in [-0.25, -0.2) is 0 Å². The third kappa shape index (κ3) is 5.30. The Bertz CT molecular complexity index is 1040. The number of aromatic nitrogens is 1. The van der Waals surface area contributed by atoms with Crippen molar-refractivity contribution in [2.45, 2.75) is 13.5 Å². The standard InChI is InChI=1S/C20H16N2O.C3H5BrO/c1-2-8-16(9-3-1)19-13-20(23-22-19)21-14-17-11-6-10-15-7-4-5-12-18(15)17;1-3(5)2-4/h1-13,21H,14H2;2H2,1H3. The molecule has 0 atom stereocenters. The number of Topliss-reactive ketones (excluding diaryl/α,β-unsaturated/α-hetero) is 1. The number of rotatable bonds is 5. The van der Waals surface area contributed by atoms with Gasteiger partial charge in [-0.1, -0.05) is 93.9 Å². The fourth-order valence-electron chi connectivity index (χ4n) is 2.73. The monoisotopic (exact) mass is 436 g/mol. The largest absolute Gasteiger partial charge is 0.350 e. The Labute approximate surface area is 172 Å². The highest BCUT2D eigenvalue weighted by Crippen LogP contribution is 2.23. The van der Waals surface area contributed by atoms with Gasteiger partial charge in [0.2, 0.25) is 5.88 Å². The Morgan fingerprint density at radius 2 is 1.68 bits per heavy atom. The summed E-state index contributed by atoms with van der Waals surface area (Å²) in [5, 5.41) is 10.4. The van der Waals surface area contributed by atoms with Crippen molar-refractivity contribution in [2.24, 2.45) is 0 Å². The average Bonchev–Trinajstić information content (AvgIpc) is 3.22. The third-order valence-electron chi connectivity index (χ3n) is 4.10. The molecule has 0 saturated carbocycles. The van der Waals surface area contributed by atoms with E-state index < -0.39 is 0 Å². The Morgan fingerprint density at radius 1 is 1.00 bits per heavy atom. The molecule has 3 aromatic carbocycles. The predicted octanol–water partition coefficient (Wildman–Crippen LogP) is 6.08. The number of ketones is 1. The smallest absolute Gasteiger partial charge is 0.225 e. The Hall–Kier alpha value is -2.92. The molecule has 0 bridgehead atoms. The maximum Gasteiger partial charge on any atom is 0.225 e. The molecule has 0 saturated heterocycles. The topological polar surface area (TPSA) is 55.1 Å². The van der Waals surface area contributed by atoms with Gasteiger partial charge in [-0.15, -0.1) is 0 Å². The van der Waals surface area contributed by atoms with Crippen LogP contribution in [0.4, 0.5) is 5.88 Å². The van der Waals surface area contributed by atoms with Crippen LogP contribution in [0.2, 0.25) is 0 Å². The van der Waals surface area contributed by atoms with Crippen molar-refractivity contribution < 1.29 is 9.32 Å². The second-order valence-electron chi connectivity index (χ2n) is 6.27. The lowest BCUT2D eigenvalue weighted by molar-refractivity contribution is -0.114. The zero-order chi connectivity index (χ0) is 19.8. The third-order valence-corrected chi connectivity index (χ3v) is 4.89. The maximum absolute atomic E-state index is 9.77. The highest BCUT2D eigenvalue weighted by molar-refractivity contribution is 9.09. The first kappa shape index (κ1) is 19.8. The van der Waals surface area contributed by atoms with E-state index in [1.54, 1.807) is 0 Å². The number of nitrogens with zero attached hydrogens (tertiary/aromatic N) is 1. The van der Waals surface area contributed by atoms with E-state index in [4.69, 9.17) is 4.52 Å². The zero-order valence-corrected chi connectivity index (χ0v) is 17.1. The molecule has 5 heteroatoms. The first-order valence-corrected chi connectivity index (χ1v) is 10.1. The summed E-state index contributed by atoms with van der Waals surface area (Å²) in [6, 6.07) is 26.7. The number of carbonyl (C=O) groups is 1. The number of nitrogens with one attached hydrogen (secondary N) is 1. The molecule has 0 amide bonds. The number of halogens is 1. The summed E-state index contributed by atoms with van der Waals surface area (Å²) in [5.74, 6) is 0.849. The van der Waals surface area contributed by atoms with Crippen LogP contribution in [0.3, 0.4) is 0 Å². The molecule has 4 nitrogen and oxygen atoms in total. The van der Waals surface area contributed by atoms with Crippen molar-refractivity contribution in [3.63, 3.8) is 0 Å². The summed E-state index contributed by atoms with van der Waals surface area (Å²) in [5.41, 5.74) is 3.13. The molecule has 1 N–H and O–H groups in total. The van der Waals surface area contributed by atoms with E-state index in [0.717, 1.165) is 11.3 Å². The van der Waals surface area contributed by atoms with Crippen LogP contribution in [0.1, 0.15) is 12.5 Å². The molecule has 0 aliphatic rings. The van der Waals surface area contributed by atoms with Crippen molar-refractivity contribution in [3.8, 4) is 11.3 Å². The number of hydrogen-bond donors (Lipinski definition) is 1. The molecular formula is C23H21BrN2O2. The SMILES string of the molecule is CC(=O)CBr.c1ccc(-c2cc(NCc3cccc4ccccc34)on2)cc1. The minimum Gasteiger partial charge on any atom is -0.350 e. The number of alkyl halides is 1. The van der Waals surface area contributed by atoms with Crippen molar-refractivity contribution in [1.29, 1.82) is 0 Å². The Kier molecular flexibility index (Phi) is 6.98. The first-order valence-electron chi connectivity index (χ1n) is 8.95. The normalized spacial score (nSPS) is 10.2. The Morgan fingerprint density at radius 3 is 2.43 bits per heavy atom. The van der Waals surface area contributed by atoms with Gasteiger partial charge >= 0.3 is 0 Å². The molecule has 142 valence electrons. The summed E-state index contributed by atoms with van der Waals surface area (Å²) in [7, 11) is 0. The lowest BCUT2D eigenvalue weighted by Gasteiger charge is -2.06. The molecule has 4 rings (SSSR count). The Balaban J connectivity index is 0.000000403. The van der Waals surface area contributed by atoms with E-state index in [9.17, 15) is 4.79 Å². The molecule has 4 aromatic rings. The summed E-state index contributed by atoms with van der Waals surface area (Å²) in [4.78, 5) is 9.77. The van der Waals surface area contributed by atoms with E-state index in [2.05, 4.69) is 68.9 Å². The second kappa shape index (κ2) is 9.85. The number of carbonyl (C=O) groups excluding carboxylic acids is 1. The lowest BCUT2D eigenvalue weighted by Crippen LogP contribution is -1.98. The van der Waals surface area contributed by atoms with Crippen LogP contribution in [-0.4, -0.2) is 16.3 Å². The minimum atomic E-state index is 0.171. The molecular weight excluding hydrogens is 416 g/mol. The molecule has 0 aliphatic carbocycles. The van der Waals surface area contributed by atoms with Crippen LogP contribution in [0.15, 0.2) is 83.4 Å². The molecule has 0 radical (unpaired) electrons. The van der Waals surface area contributed by atoms with Crippen molar-refractivity contribution >= 4 is 38.4 Å². The van der Waals surface area contributed by atoms with Crippen LogP contribution in [0.5, 0.6) is 0 Å². The molecule has 28 heavy (non-hydrogen) atoms. The minimum absolute atomic E-state index is 0.171. The fraction of sp³-hybridized carbons (Fsp3) is 0.130. The average molecular weight is 437 g/mol. The second-order valence-corrected chi connectivity index (χ2v) is 6.83. The van der Waals surface area contributed by atoms with Crippen molar-refractivity contribution in [1.82, 2.24) is 5.16 Å². The van der Waals surface area contributed by atoms with Gasteiger partial charge in [-0.2, -0.15) is 0 Å². The zero-order valence-electron chi connectivity index (χ0n) is 15.6. The van der Waals surface area contributed by atoms with Crippen LogP contribution in [0, 0.1) is 0 Å².